The molecule has 0 unspecified atom stereocenters. The van der Waals surface area contributed by atoms with Gasteiger partial charge in [-0.1, -0.05) is 0 Å². The molecule has 0 amide bonds. The van der Waals surface area contributed by atoms with Crippen molar-refractivity contribution in [1.29, 1.82) is 0 Å². The molecule has 106 valence electrons. The Labute approximate surface area is 121 Å². The van der Waals surface area contributed by atoms with Gasteiger partial charge in [-0.15, -0.1) is 0 Å². The zero-order valence-electron chi connectivity index (χ0n) is 12.9. The van der Waals surface area contributed by atoms with Gasteiger partial charge in [-0.2, -0.15) is 0 Å². The SMILES string of the molecule is CCc1nc(N2CCN(C)CC2)c[c]([Sn]([CH3])([CH3])[CH3])n1. The standard InChI is InChI=1S/C11H17N4.3CH3.Sn/c1-3-10-12-5-4-11(13-10)15-8-6-14(2)7-9-15;;;;/h4H,3,6-9H2,1-2H3;3*1H3;. The third-order valence-electron chi connectivity index (χ3n) is 3.67. The van der Waals surface area contributed by atoms with Gasteiger partial charge in [0.2, 0.25) is 0 Å². The number of anilines is 1. The minimum absolute atomic E-state index is 0.927. The predicted octanol–water partition coefficient (Wildman–Crippen LogP) is 1.34. The number of aromatic nitrogens is 2. The fourth-order valence-electron chi connectivity index (χ4n) is 2.22. The first kappa shape index (κ1) is 15.0. The quantitative estimate of drug-likeness (QED) is 0.753. The average molecular weight is 369 g/mol. The van der Waals surface area contributed by atoms with Crippen LogP contribution in [0.25, 0.3) is 0 Å². The van der Waals surface area contributed by atoms with Crippen LogP contribution in [0.4, 0.5) is 5.82 Å². The van der Waals surface area contributed by atoms with Gasteiger partial charge in [-0.05, 0) is 0 Å². The van der Waals surface area contributed by atoms with Gasteiger partial charge in [0.25, 0.3) is 0 Å². The third kappa shape index (κ3) is 3.81. The van der Waals surface area contributed by atoms with Crippen LogP contribution in [0.3, 0.4) is 0 Å². The number of piperazine rings is 1. The van der Waals surface area contributed by atoms with Crippen LogP contribution in [0, 0.1) is 0 Å². The zero-order valence-corrected chi connectivity index (χ0v) is 15.8. The van der Waals surface area contributed by atoms with E-state index in [1.165, 1.54) is 3.71 Å². The molecule has 0 atom stereocenters. The van der Waals surface area contributed by atoms with Gasteiger partial charge >= 0.3 is 121 Å². The maximum atomic E-state index is 4.78. The van der Waals surface area contributed by atoms with Crippen molar-refractivity contribution < 1.29 is 0 Å². The summed E-state index contributed by atoms with van der Waals surface area (Å²) in [4.78, 5) is 21.6. The first-order valence-corrected chi connectivity index (χ1v) is 17.2. The molecule has 1 aliphatic heterocycles. The Bertz CT molecular complexity index is 434. The van der Waals surface area contributed by atoms with Gasteiger partial charge in [0.05, 0.1) is 0 Å². The predicted molar refractivity (Wildman–Crippen MR) is 84.1 cm³/mol. The van der Waals surface area contributed by atoms with E-state index in [1.807, 2.05) is 0 Å². The van der Waals surface area contributed by atoms with Crippen molar-refractivity contribution >= 4 is 27.9 Å². The molecule has 0 saturated carbocycles. The fraction of sp³-hybridized carbons (Fsp3) is 0.714. The zero-order chi connectivity index (χ0) is 14.0. The second-order valence-electron chi connectivity index (χ2n) is 6.42. The second-order valence-corrected chi connectivity index (χ2v) is 20.7. The van der Waals surface area contributed by atoms with E-state index in [0.717, 1.165) is 44.2 Å². The monoisotopic (exact) mass is 370 g/mol. The van der Waals surface area contributed by atoms with Crippen LogP contribution in [0.1, 0.15) is 12.7 Å². The summed E-state index contributed by atoms with van der Waals surface area (Å²) < 4.78 is 1.36. The molecule has 5 heteroatoms. The summed E-state index contributed by atoms with van der Waals surface area (Å²) in [7, 11) is 2.19. The van der Waals surface area contributed by atoms with Gasteiger partial charge in [0.1, 0.15) is 0 Å². The molecule has 1 aliphatic rings. The molecule has 0 N–H and O–H groups in total. The van der Waals surface area contributed by atoms with Crippen LogP contribution < -0.4 is 8.61 Å². The molecule has 19 heavy (non-hydrogen) atoms. The molecule has 4 nitrogen and oxygen atoms in total. The molecule has 2 heterocycles. The van der Waals surface area contributed by atoms with Gasteiger partial charge in [-0.25, -0.2) is 0 Å². The van der Waals surface area contributed by atoms with Crippen LogP contribution in [0.15, 0.2) is 6.07 Å². The van der Waals surface area contributed by atoms with E-state index in [4.69, 9.17) is 9.97 Å². The molecule has 1 fully saturated rings. The summed E-state index contributed by atoms with van der Waals surface area (Å²) in [5.74, 6) is 2.17. The molecular weight excluding hydrogens is 343 g/mol. The first-order valence-electron chi connectivity index (χ1n) is 7.22. The summed E-state index contributed by atoms with van der Waals surface area (Å²) >= 11 is -2.12. The van der Waals surface area contributed by atoms with Gasteiger partial charge in [0, 0.05) is 0 Å². The van der Waals surface area contributed by atoms with Crippen molar-refractivity contribution in [2.24, 2.45) is 0 Å². The van der Waals surface area contributed by atoms with Crippen LogP contribution in [0.5, 0.6) is 0 Å². The van der Waals surface area contributed by atoms with Gasteiger partial charge < -0.3 is 0 Å². The Morgan fingerprint density at radius 3 is 2.26 bits per heavy atom. The van der Waals surface area contributed by atoms with E-state index in [-0.39, 0.29) is 0 Å². The van der Waals surface area contributed by atoms with E-state index < -0.39 is 18.4 Å². The first-order chi connectivity index (χ1) is 8.90. The third-order valence-corrected chi connectivity index (χ3v) is 8.79. The molecule has 0 spiro atoms. The van der Waals surface area contributed by atoms with Crippen LogP contribution in [-0.4, -0.2) is 66.5 Å². The molecular formula is C14H26N4Sn. The molecule has 0 aliphatic carbocycles. The Morgan fingerprint density at radius 1 is 1.11 bits per heavy atom. The normalized spacial score (nSPS) is 17.8. The van der Waals surface area contributed by atoms with Crippen LogP contribution >= 0.6 is 0 Å². The molecule has 1 aromatic rings. The topological polar surface area (TPSA) is 32.3 Å². The van der Waals surface area contributed by atoms with Crippen molar-refractivity contribution in [2.75, 3.05) is 38.1 Å². The van der Waals surface area contributed by atoms with Crippen molar-refractivity contribution in [1.82, 2.24) is 14.9 Å². The minimum atomic E-state index is -2.12. The molecule has 2 rings (SSSR count). The van der Waals surface area contributed by atoms with E-state index in [2.05, 4.69) is 44.7 Å². The molecule has 0 bridgehead atoms. The van der Waals surface area contributed by atoms with E-state index in [1.54, 1.807) is 0 Å². The number of nitrogens with zero attached hydrogens (tertiary/aromatic N) is 4. The summed E-state index contributed by atoms with van der Waals surface area (Å²) in [6.07, 6.45) is 0.927. The Kier molecular flexibility index (Phi) is 4.71. The second kappa shape index (κ2) is 5.95. The Hall–Kier alpha value is -0.361. The van der Waals surface area contributed by atoms with Crippen molar-refractivity contribution in [3.8, 4) is 0 Å². The number of rotatable bonds is 3. The Morgan fingerprint density at radius 2 is 1.74 bits per heavy atom. The van der Waals surface area contributed by atoms with Gasteiger partial charge in [-0.3, -0.25) is 0 Å². The summed E-state index contributed by atoms with van der Waals surface area (Å²) in [5.41, 5.74) is 0. The van der Waals surface area contributed by atoms with E-state index >= 15 is 0 Å². The average Bonchev–Trinajstić information content (AvgIpc) is 2.38. The van der Waals surface area contributed by atoms with Crippen molar-refractivity contribution in [2.45, 2.75) is 28.2 Å². The van der Waals surface area contributed by atoms with E-state index in [9.17, 15) is 0 Å². The van der Waals surface area contributed by atoms with Gasteiger partial charge in [0.15, 0.2) is 0 Å². The molecule has 0 radical (unpaired) electrons. The molecule has 1 aromatic heterocycles. The van der Waals surface area contributed by atoms with Crippen molar-refractivity contribution in [3.05, 3.63) is 11.9 Å². The summed E-state index contributed by atoms with van der Waals surface area (Å²) in [5, 5.41) is 0. The molecule has 0 aromatic carbocycles. The number of hydrogen-bond donors (Lipinski definition) is 0. The number of likely N-dealkylation sites (N-methyl/N-ethyl adjacent to an activating group) is 1. The fourth-order valence-corrected chi connectivity index (χ4v) is 5.15. The number of hydrogen-bond acceptors (Lipinski definition) is 4. The van der Waals surface area contributed by atoms with E-state index in [0.29, 0.717) is 0 Å². The van der Waals surface area contributed by atoms with Crippen LogP contribution in [-0.2, 0) is 6.42 Å². The molecule has 1 saturated heterocycles. The summed E-state index contributed by atoms with van der Waals surface area (Å²) in [6.45, 7) is 6.55. The number of aryl methyl sites for hydroxylation is 1. The Balaban J connectivity index is 2.29. The van der Waals surface area contributed by atoms with Crippen molar-refractivity contribution in [3.63, 3.8) is 0 Å². The van der Waals surface area contributed by atoms with Crippen LogP contribution in [0.2, 0.25) is 14.8 Å². The maximum absolute atomic E-state index is 4.78. The summed E-state index contributed by atoms with van der Waals surface area (Å²) in [6, 6.07) is 2.26.